The zero-order valence-corrected chi connectivity index (χ0v) is 28.9. The lowest BCUT2D eigenvalue weighted by atomic mass is 9.81. The van der Waals surface area contributed by atoms with Crippen LogP contribution in [-0.2, 0) is 38.1 Å². The molecule has 0 amide bonds. The molecule has 260 valence electrons. The molecule has 0 spiro atoms. The number of rotatable bonds is 18. The van der Waals surface area contributed by atoms with E-state index in [0.29, 0.717) is 65.0 Å². The molecule has 0 aromatic rings. The molecule has 3 aliphatic rings. The Morgan fingerprint density at radius 3 is 1.20 bits per heavy atom. The number of nitrogens with zero attached hydrogens (tertiary/aromatic N) is 2. The average Bonchev–Trinajstić information content (AvgIpc) is 3.05. The molecule has 46 heavy (non-hydrogen) atoms. The van der Waals surface area contributed by atoms with Gasteiger partial charge >= 0.3 is 23.9 Å². The fourth-order valence-electron chi connectivity index (χ4n) is 7.47. The fraction of sp³-hybridized carbons (Fsp3) is 0.778. The van der Waals surface area contributed by atoms with E-state index in [1.165, 1.54) is 22.5 Å². The highest BCUT2D eigenvalue weighted by molar-refractivity contribution is 5.70. The van der Waals surface area contributed by atoms with Gasteiger partial charge in [-0.15, -0.1) is 0 Å². The molecule has 2 atom stereocenters. The smallest absolute Gasteiger partial charge is 0.306 e. The van der Waals surface area contributed by atoms with Gasteiger partial charge in [-0.1, -0.05) is 11.1 Å². The van der Waals surface area contributed by atoms with Crippen LogP contribution < -0.4 is 0 Å². The topological polar surface area (TPSA) is 112 Å². The number of hydrogen-bond donors (Lipinski definition) is 0. The minimum absolute atomic E-state index is 0.154. The molecule has 1 saturated heterocycles. The number of carbonyl (C=O) groups excluding carboxylic acids is 4. The van der Waals surface area contributed by atoms with E-state index in [9.17, 15) is 19.2 Å². The van der Waals surface area contributed by atoms with E-state index in [1.807, 2.05) is 27.7 Å². The summed E-state index contributed by atoms with van der Waals surface area (Å²) < 4.78 is 21.0. The maximum atomic E-state index is 12.3. The molecule has 0 bridgehead atoms. The summed E-state index contributed by atoms with van der Waals surface area (Å²) in [5.74, 6) is -0.124. The standard InChI is InChI=1S/C36H58N2O8/c1-5-43-31(39)19-15-27-11-9-12-28(16-20-32(40)44-6-2)35(27)37-23-25-38(26-24-37)36-29(17-21-33(41)45-7-3)13-10-14-30(36)18-22-34(42)46-8-4/h27,29H,5-26H2,1-4H3. The van der Waals surface area contributed by atoms with Crippen molar-refractivity contribution >= 4 is 23.9 Å². The monoisotopic (exact) mass is 646 g/mol. The fourth-order valence-corrected chi connectivity index (χ4v) is 7.47. The van der Waals surface area contributed by atoms with Crippen molar-refractivity contribution in [3.63, 3.8) is 0 Å². The molecule has 10 heteroatoms. The number of hydrogen-bond acceptors (Lipinski definition) is 10. The van der Waals surface area contributed by atoms with Crippen LogP contribution in [0, 0.1) is 11.8 Å². The second-order valence-electron chi connectivity index (χ2n) is 12.4. The van der Waals surface area contributed by atoms with Crippen molar-refractivity contribution < 1.29 is 38.1 Å². The largest absolute Gasteiger partial charge is 0.466 e. The van der Waals surface area contributed by atoms with Gasteiger partial charge in [-0.05, 0) is 104 Å². The lowest BCUT2D eigenvalue weighted by Crippen LogP contribution is -2.48. The Hall–Kier alpha value is -3.04. The van der Waals surface area contributed by atoms with Crippen LogP contribution in [0.1, 0.15) is 118 Å². The van der Waals surface area contributed by atoms with Gasteiger partial charge in [0.15, 0.2) is 0 Å². The highest BCUT2D eigenvalue weighted by Crippen LogP contribution is 2.41. The molecule has 1 fully saturated rings. The normalized spacial score (nSPS) is 20.4. The van der Waals surface area contributed by atoms with Crippen molar-refractivity contribution in [2.75, 3.05) is 52.6 Å². The highest BCUT2D eigenvalue weighted by Gasteiger charge is 2.34. The quantitative estimate of drug-likeness (QED) is 0.128. The number of piperazine rings is 1. The molecule has 0 saturated carbocycles. The summed E-state index contributed by atoms with van der Waals surface area (Å²) >= 11 is 0. The molecule has 0 radical (unpaired) electrons. The van der Waals surface area contributed by atoms with Gasteiger partial charge in [0.1, 0.15) is 0 Å². The second-order valence-corrected chi connectivity index (χ2v) is 12.4. The summed E-state index contributed by atoms with van der Waals surface area (Å²) in [5, 5.41) is 0. The van der Waals surface area contributed by atoms with E-state index >= 15 is 0 Å². The van der Waals surface area contributed by atoms with E-state index in [-0.39, 0.29) is 35.7 Å². The average molecular weight is 647 g/mol. The maximum Gasteiger partial charge on any atom is 0.306 e. The molecule has 10 nitrogen and oxygen atoms in total. The number of ether oxygens (including phenoxy) is 4. The van der Waals surface area contributed by atoms with Crippen LogP contribution in [0.4, 0.5) is 0 Å². The van der Waals surface area contributed by atoms with Gasteiger partial charge in [-0.2, -0.15) is 0 Å². The number of carbonyl (C=O) groups is 4. The first-order valence-corrected chi connectivity index (χ1v) is 17.9. The minimum atomic E-state index is -0.166. The lowest BCUT2D eigenvalue weighted by Gasteiger charge is -2.46. The van der Waals surface area contributed by atoms with Gasteiger partial charge in [-0.3, -0.25) is 19.2 Å². The molecule has 1 heterocycles. The Balaban J connectivity index is 1.81. The Labute approximate surface area is 276 Å². The highest BCUT2D eigenvalue weighted by atomic mass is 16.5. The van der Waals surface area contributed by atoms with E-state index in [1.54, 1.807) is 0 Å². The second kappa shape index (κ2) is 20.3. The molecule has 0 aromatic carbocycles. The zero-order valence-electron chi connectivity index (χ0n) is 28.9. The molecular formula is C36H58N2O8. The van der Waals surface area contributed by atoms with Crippen LogP contribution in [-0.4, -0.2) is 86.3 Å². The Morgan fingerprint density at radius 2 is 0.870 bits per heavy atom. The molecule has 2 unspecified atom stereocenters. The predicted molar refractivity (Wildman–Crippen MR) is 175 cm³/mol. The van der Waals surface area contributed by atoms with Crippen molar-refractivity contribution in [1.29, 1.82) is 0 Å². The SMILES string of the molecule is CCOC(=O)CCC1=C(N2CCN(C3=C(CCC(=O)OCC)CCCC3CCC(=O)OCC)CC2)C(CCC(=O)OCC)CCC1. The third-order valence-electron chi connectivity index (χ3n) is 9.40. The van der Waals surface area contributed by atoms with E-state index in [2.05, 4.69) is 9.80 Å². The van der Waals surface area contributed by atoms with Gasteiger partial charge in [0, 0.05) is 63.3 Å². The molecule has 0 aromatic heterocycles. The Kier molecular flexibility index (Phi) is 16.5. The van der Waals surface area contributed by atoms with Crippen molar-refractivity contribution in [1.82, 2.24) is 9.80 Å². The first-order chi connectivity index (χ1) is 22.3. The number of esters is 4. The van der Waals surface area contributed by atoms with E-state index < -0.39 is 0 Å². The van der Waals surface area contributed by atoms with Crippen LogP contribution in [0.2, 0.25) is 0 Å². The lowest BCUT2D eigenvalue weighted by molar-refractivity contribution is -0.144. The maximum absolute atomic E-state index is 12.3. The molecule has 1 aliphatic heterocycles. The van der Waals surface area contributed by atoms with E-state index in [0.717, 1.165) is 77.5 Å². The Bertz CT molecular complexity index is 992. The van der Waals surface area contributed by atoms with Crippen LogP contribution in [0.25, 0.3) is 0 Å². The summed E-state index contributed by atoms with van der Waals surface area (Å²) in [6.07, 6.45) is 10.5. The first kappa shape index (κ1) is 37.4. The molecule has 2 aliphatic carbocycles. The summed E-state index contributed by atoms with van der Waals surface area (Å²) in [7, 11) is 0. The van der Waals surface area contributed by atoms with Crippen molar-refractivity contribution in [2.24, 2.45) is 11.8 Å². The van der Waals surface area contributed by atoms with Gasteiger partial charge in [0.25, 0.3) is 0 Å². The van der Waals surface area contributed by atoms with Gasteiger partial charge in [0.05, 0.1) is 26.4 Å². The van der Waals surface area contributed by atoms with E-state index in [4.69, 9.17) is 18.9 Å². The Morgan fingerprint density at radius 1 is 0.543 bits per heavy atom. The molecule has 3 rings (SSSR count). The van der Waals surface area contributed by atoms with Crippen LogP contribution in [0.5, 0.6) is 0 Å². The van der Waals surface area contributed by atoms with Crippen molar-refractivity contribution in [3.8, 4) is 0 Å². The van der Waals surface area contributed by atoms with Crippen molar-refractivity contribution in [3.05, 3.63) is 22.5 Å². The third kappa shape index (κ3) is 11.6. The molecular weight excluding hydrogens is 588 g/mol. The minimum Gasteiger partial charge on any atom is -0.466 e. The zero-order chi connectivity index (χ0) is 33.3. The van der Waals surface area contributed by atoms with Crippen LogP contribution in [0.15, 0.2) is 22.5 Å². The number of allylic oxidation sites excluding steroid dienone is 4. The van der Waals surface area contributed by atoms with Crippen LogP contribution in [0.3, 0.4) is 0 Å². The summed E-state index contributed by atoms with van der Waals surface area (Å²) in [6.45, 7) is 12.2. The summed E-state index contributed by atoms with van der Waals surface area (Å²) in [4.78, 5) is 54.2. The van der Waals surface area contributed by atoms with Gasteiger partial charge in [-0.25, -0.2) is 0 Å². The van der Waals surface area contributed by atoms with Crippen molar-refractivity contribution in [2.45, 2.75) is 118 Å². The van der Waals surface area contributed by atoms with Gasteiger partial charge < -0.3 is 28.7 Å². The summed E-state index contributed by atoms with van der Waals surface area (Å²) in [5.41, 5.74) is 5.28. The van der Waals surface area contributed by atoms with Crippen LogP contribution >= 0.6 is 0 Å². The third-order valence-corrected chi connectivity index (χ3v) is 9.40. The van der Waals surface area contributed by atoms with Gasteiger partial charge in [0.2, 0.25) is 0 Å². The first-order valence-electron chi connectivity index (χ1n) is 17.9. The predicted octanol–water partition coefficient (Wildman–Crippen LogP) is 6.09. The molecule has 0 N–H and O–H groups in total. The summed E-state index contributed by atoms with van der Waals surface area (Å²) in [6, 6.07) is 0.